The number of pyridine rings is 1. The highest BCUT2D eigenvalue weighted by Crippen LogP contribution is 2.35. The number of fused-ring (bicyclic) bond motifs is 1. The lowest BCUT2D eigenvalue weighted by Gasteiger charge is -2.08. The number of hydrogen-bond donors (Lipinski definition) is 3. The number of rotatable bonds is 5. The highest BCUT2D eigenvalue weighted by atomic mass is 16.6. The van der Waals surface area contributed by atoms with E-state index in [9.17, 15) is 25.1 Å². The van der Waals surface area contributed by atoms with Gasteiger partial charge in [-0.2, -0.15) is 5.10 Å². The Morgan fingerprint density at radius 1 is 1.17 bits per heavy atom. The van der Waals surface area contributed by atoms with E-state index in [2.05, 4.69) is 15.2 Å². The summed E-state index contributed by atoms with van der Waals surface area (Å²) < 4.78 is 5.09. The molecule has 2 aromatic heterocycles. The predicted molar refractivity (Wildman–Crippen MR) is 107 cm³/mol. The second-order valence-electron chi connectivity index (χ2n) is 6.35. The molecule has 0 aliphatic rings. The van der Waals surface area contributed by atoms with E-state index in [1.807, 2.05) is 0 Å². The summed E-state index contributed by atoms with van der Waals surface area (Å²) in [6, 6.07) is 11.7. The van der Waals surface area contributed by atoms with Crippen molar-refractivity contribution in [2.45, 2.75) is 0 Å². The molecule has 4 rings (SSSR count). The summed E-state index contributed by atoms with van der Waals surface area (Å²) >= 11 is 0. The molecule has 2 heterocycles. The smallest absolute Gasteiger partial charge is 0.336 e. The first-order valence-electron chi connectivity index (χ1n) is 8.63. The van der Waals surface area contributed by atoms with E-state index in [4.69, 9.17) is 4.74 Å². The third-order valence-corrected chi connectivity index (χ3v) is 4.58. The molecule has 0 aliphatic carbocycles. The summed E-state index contributed by atoms with van der Waals surface area (Å²) in [4.78, 5) is 27.0. The highest BCUT2D eigenvalue weighted by Gasteiger charge is 2.21. The average molecular weight is 406 g/mol. The second-order valence-corrected chi connectivity index (χ2v) is 6.35. The zero-order chi connectivity index (χ0) is 21.4. The number of aromatic hydroxyl groups is 1. The fourth-order valence-electron chi connectivity index (χ4n) is 3.16. The molecule has 2 aromatic carbocycles. The van der Waals surface area contributed by atoms with Crippen LogP contribution >= 0.6 is 0 Å². The first-order valence-corrected chi connectivity index (χ1v) is 8.63. The van der Waals surface area contributed by atoms with Crippen LogP contribution in [0.25, 0.3) is 33.5 Å². The number of aromatic carboxylic acids is 1. The molecule has 0 spiro atoms. The SMILES string of the molecule is COc1cc(-c2cc(C(=O)O)c3c(-c4cccc([N+](=O)[O-])c4)[nH]nc3n2)ccc1O. The number of H-pyrrole nitrogens is 1. The van der Waals surface area contributed by atoms with Crippen LogP contribution in [0.3, 0.4) is 0 Å². The number of hydrogen-bond acceptors (Lipinski definition) is 7. The molecule has 0 saturated heterocycles. The van der Waals surface area contributed by atoms with Gasteiger partial charge in [-0.1, -0.05) is 12.1 Å². The predicted octanol–water partition coefficient (Wildman–Crippen LogP) is 3.61. The van der Waals surface area contributed by atoms with Gasteiger partial charge in [0.2, 0.25) is 0 Å². The van der Waals surface area contributed by atoms with E-state index in [0.717, 1.165) is 0 Å². The Bertz CT molecular complexity index is 1310. The Morgan fingerprint density at radius 2 is 1.97 bits per heavy atom. The molecule has 150 valence electrons. The lowest BCUT2D eigenvalue weighted by molar-refractivity contribution is -0.384. The maximum Gasteiger partial charge on any atom is 0.336 e. The maximum absolute atomic E-state index is 12.0. The van der Waals surface area contributed by atoms with Gasteiger partial charge in [0, 0.05) is 23.3 Å². The molecular weight excluding hydrogens is 392 g/mol. The van der Waals surface area contributed by atoms with Crippen LogP contribution in [0, 0.1) is 10.1 Å². The highest BCUT2D eigenvalue weighted by molar-refractivity contribution is 6.08. The van der Waals surface area contributed by atoms with Gasteiger partial charge in [-0.15, -0.1) is 0 Å². The first-order chi connectivity index (χ1) is 14.4. The number of benzene rings is 2. The Labute approximate surface area is 168 Å². The molecule has 0 bridgehead atoms. The van der Waals surface area contributed by atoms with Crippen molar-refractivity contribution >= 4 is 22.7 Å². The molecule has 30 heavy (non-hydrogen) atoms. The topological polar surface area (TPSA) is 151 Å². The van der Waals surface area contributed by atoms with Gasteiger partial charge in [0.25, 0.3) is 5.69 Å². The number of methoxy groups -OCH3 is 1. The summed E-state index contributed by atoms with van der Waals surface area (Å²) in [6.45, 7) is 0. The average Bonchev–Trinajstić information content (AvgIpc) is 3.17. The van der Waals surface area contributed by atoms with Crippen LogP contribution in [0.5, 0.6) is 11.5 Å². The zero-order valence-electron chi connectivity index (χ0n) is 15.5. The normalized spacial score (nSPS) is 10.8. The third-order valence-electron chi connectivity index (χ3n) is 4.58. The number of non-ortho nitro benzene ring substituents is 1. The van der Waals surface area contributed by atoms with E-state index < -0.39 is 10.9 Å². The Kier molecular flexibility index (Phi) is 4.51. The van der Waals surface area contributed by atoms with Gasteiger partial charge in [-0.25, -0.2) is 9.78 Å². The Hall–Kier alpha value is -4.47. The fraction of sp³-hybridized carbons (Fsp3) is 0.0500. The summed E-state index contributed by atoms with van der Waals surface area (Å²) in [5, 5.41) is 37.7. The minimum absolute atomic E-state index is 0.0616. The molecule has 0 aliphatic heterocycles. The van der Waals surface area contributed by atoms with Crippen molar-refractivity contribution in [3.63, 3.8) is 0 Å². The molecule has 10 heteroatoms. The van der Waals surface area contributed by atoms with Crippen molar-refractivity contribution < 1.29 is 24.7 Å². The minimum atomic E-state index is -1.21. The molecule has 0 radical (unpaired) electrons. The van der Waals surface area contributed by atoms with Crippen molar-refractivity contribution in [2.75, 3.05) is 7.11 Å². The monoisotopic (exact) mass is 406 g/mol. The van der Waals surface area contributed by atoms with E-state index in [1.54, 1.807) is 12.1 Å². The molecule has 3 N–H and O–H groups in total. The van der Waals surface area contributed by atoms with E-state index in [1.165, 1.54) is 43.5 Å². The Balaban J connectivity index is 1.93. The summed E-state index contributed by atoms with van der Waals surface area (Å²) in [7, 11) is 1.40. The quantitative estimate of drug-likeness (QED) is 0.336. The van der Waals surface area contributed by atoms with Crippen molar-refractivity contribution in [1.82, 2.24) is 15.2 Å². The summed E-state index contributed by atoms with van der Waals surface area (Å²) in [5.41, 5.74) is 1.50. The van der Waals surface area contributed by atoms with E-state index >= 15 is 0 Å². The number of carbonyl (C=O) groups is 1. The number of aromatic nitrogens is 3. The number of phenolic OH excluding ortho intramolecular Hbond substituents is 1. The number of nitrogens with one attached hydrogen (secondary N) is 1. The van der Waals surface area contributed by atoms with E-state index in [-0.39, 0.29) is 33.8 Å². The molecule has 0 unspecified atom stereocenters. The van der Waals surface area contributed by atoms with Crippen LogP contribution in [0.2, 0.25) is 0 Å². The molecular formula is C20H14N4O6. The van der Waals surface area contributed by atoms with E-state index in [0.29, 0.717) is 22.5 Å². The molecule has 0 saturated carbocycles. The van der Waals surface area contributed by atoms with Gasteiger partial charge in [-0.05, 0) is 24.3 Å². The number of phenols is 1. The van der Waals surface area contributed by atoms with Gasteiger partial charge in [-0.3, -0.25) is 15.2 Å². The molecule has 0 fully saturated rings. The number of aromatic amines is 1. The van der Waals surface area contributed by atoms with Gasteiger partial charge in [0.1, 0.15) is 0 Å². The van der Waals surface area contributed by atoms with Crippen molar-refractivity contribution in [3.8, 4) is 34.0 Å². The van der Waals surface area contributed by atoms with Crippen LogP contribution in [0.1, 0.15) is 10.4 Å². The summed E-state index contributed by atoms with van der Waals surface area (Å²) in [5.74, 6) is -1.05. The Morgan fingerprint density at radius 3 is 2.67 bits per heavy atom. The number of nitro benzene ring substituents is 1. The van der Waals surface area contributed by atoms with Crippen LogP contribution in [-0.2, 0) is 0 Å². The van der Waals surface area contributed by atoms with Crippen LogP contribution in [-0.4, -0.2) is 43.4 Å². The van der Waals surface area contributed by atoms with Gasteiger partial charge in [0.05, 0.1) is 34.4 Å². The lowest BCUT2D eigenvalue weighted by atomic mass is 10.0. The van der Waals surface area contributed by atoms with Crippen LogP contribution in [0.4, 0.5) is 5.69 Å². The number of nitrogens with zero attached hydrogens (tertiary/aromatic N) is 3. The van der Waals surface area contributed by atoms with Crippen LogP contribution in [0.15, 0.2) is 48.5 Å². The second kappa shape index (κ2) is 7.17. The van der Waals surface area contributed by atoms with Gasteiger partial charge < -0.3 is 14.9 Å². The van der Waals surface area contributed by atoms with Crippen molar-refractivity contribution in [1.29, 1.82) is 0 Å². The van der Waals surface area contributed by atoms with Gasteiger partial charge >= 0.3 is 5.97 Å². The standard InChI is InChI=1S/C20H14N4O6/c1-30-16-8-10(5-6-15(16)25)14-9-13(20(26)27)17-18(22-23-19(17)21-14)11-3-2-4-12(7-11)24(28)29/h2-9,25H,1H3,(H,26,27)(H,21,22,23). The maximum atomic E-state index is 12.0. The summed E-state index contributed by atoms with van der Waals surface area (Å²) in [6.07, 6.45) is 0. The molecule has 10 nitrogen and oxygen atoms in total. The minimum Gasteiger partial charge on any atom is -0.504 e. The number of nitro groups is 1. The molecule has 0 atom stereocenters. The zero-order valence-corrected chi connectivity index (χ0v) is 15.5. The number of carboxylic acid groups (broad SMARTS) is 1. The number of carboxylic acids is 1. The van der Waals surface area contributed by atoms with Gasteiger partial charge in [0.15, 0.2) is 17.1 Å². The first kappa shape index (κ1) is 18.9. The third kappa shape index (κ3) is 3.15. The molecule has 0 amide bonds. The number of ether oxygens (including phenoxy) is 1. The fourth-order valence-corrected chi connectivity index (χ4v) is 3.16. The largest absolute Gasteiger partial charge is 0.504 e. The molecule has 4 aromatic rings. The van der Waals surface area contributed by atoms with Crippen LogP contribution < -0.4 is 4.74 Å². The van der Waals surface area contributed by atoms with Crippen molar-refractivity contribution in [2.24, 2.45) is 0 Å². The lowest BCUT2D eigenvalue weighted by Crippen LogP contribution is -2.00. The van der Waals surface area contributed by atoms with Crippen molar-refractivity contribution in [3.05, 3.63) is 64.2 Å².